The smallest absolute Gasteiger partial charge is 0.224 e. The van der Waals surface area contributed by atoms with E-state index in [0.29, 0.717) is 6.42 Å². The maximum Gasteiger partial charge on any atom is 0.224 e. The molecule has 0 saturated heterocycles. The third-order valence-corrected chi connectivity index (χ3v) is 4.77. The van der Waals surface area contributed by atoms with E-state index in [0.717, 1.165) is 12.1 Å². The number of carbonyl (C=O) groups is 1. The van der Waals surface area contributed by atoms with Gasteiger partial charge in [-0.2, -0.15) is 0 Å². The van der Waals surface area contributed by atoms with Crippen molar-refractivity contribution in [1.82, 2.24) is 5.32 Å². The van der Waals surface area contributed by atoms with E-state index in [1.807, 2.05) is 18.2 Å². The highest BCUT2D eigenvalue weighted by Gasteiger charge is 2.38. The number of rotatable bonds is 5. The average molecular weight is 293 g/mol. The van der Waals surface area contributed by atoms with E-state index < -0.39 is 0 Å². The number of nitrogens with one attached hydrogen (secondary N) is 1. The first kappa shape index (κ1) is 14.8. The lowest BCUT2D eigenvalue weighted by molar-refractivity contribution is -0.120. The van der Waals surface area contributed by atoms with Gasteiger partial charge in [0.05, 0.1) is 6.42 Å². The summed E-state index contributed by atoms with van der Waals surface area (Å²) in [4.78, 5) is 12.2. The average Bonchev–Trinajstić information content (AvgIpc) is 2.47. The molecule has 2 heteroatoms. The molecule has 1 fully saturated rings. The molecule has 0 aliphatic heterocycles. The number of hydrogen-bond acceptors (Lipinski definition) is 1. The number of aryl methyl sites for hydroxylation is 1. The minimum atomic E-state index is 0.118. The van der Waals surface area contributed by atoms with Gasteiger partial charge in [-0.15, -0.1) is 0 Å². The molecule has 0 bridgehead atoms. The summed E-state index contributed by atoms with van der Waals surface area (Å²) >= 11 is 0. The van der Waals surface area contributed by atoms with Crippen LogP contribution in [0.3, 0.4) is 0 Å². The van der Waals surface area contributed by atoms with Crippen molar-refractivity contribution in [3.8, 4) is 0 Å². The van der Waals surface area contributed by atoms with Crippen molar-refractivity contribution in [1.29, 1.82) is 0 Å². The molecule has 1 amide bonds. The Morgan fingerprint density at radius 1 is 1.09 bits per heavy atom. The summed E-state index contributed by atoms with van der Waals surface area (Å²) in [6, 6.07) is 18.8. The molecule has 2 aromatic rings. The summed E-state index contributed by atoms with van der Waals surface area (Å²) in [5, 5.41) is 3.15. The monoisotopic (exact) mass is 293 g/mol. The van der Waals surface area contributed by atoms with Crippen LogP contribution in [0.2, 0.25) is 0 Å². The van der Waals surface area contributed by atoms with E-state index in [-0.39, 0.29) is 11.3 Å². The molecule has 0 aromatic heterocycles. The van der Waals surface area contributed by atoms with Crippen molar-refractivity contribution >= 4 is 5.91 Å². The largest absolute Gasteiger partial charge is 0.355 e. The Morgan fingerprint density at radius 2 is 1.86 bits per heavy atom. The molecule has 0 radical (unpaired) electrons. The number of benzene rings is 2. The summed E-state index contributed by atoms with van der Waals surface area (Å²) in [5.74, 6) is 0.118. The molecule has 1 aliphatic rings. The molecule has 0 spiro atoms. The van der Waals surface area contributed by atoms with Gasteiger partial charge >= 0.3 is 0 Å². The minimum absolute atomic E-state index is 0.118. The fourth-order valence-corrected chi connectivity index (χ4v) is 3.30. The van der Waals surface area contributed by atoms with Gasteiger partial charge in [0, 0.05) is 12.0 Å². The van der Waals surface area contributed by atoms with E-state index in [2.05, 4.69) is 48.6 Å². The highest BCUT2D eigenvalue weighted by Crippen LogP contribution is 2.43. The van der Waals surface area contributed by atoms with Gasteiger partial charge in [0.15, 0.2) is 0 Å². The van der Waals surface area contributed by atoms with Crippen LogP contribution in [-0.4, -0.2) is 12.5 Å². The van der Waals surface area contributed by atoms with Gasteiger partial charge in [0.25, 0.3) is 0 Å². The number of amides is 1. The maximum absolute atomic E-state index is 12.2. The zero-order valence-corrected chi connectivity index (χ0v) is 13.1. The Balaban J connectivity index is 1.60. The van der Waals surface area contributed by atoms with E-state index in [4.69, 9.17) is 0 Å². The Hall–Kier alpha value is -2.09. The van der Waals surface area contributed by atoms with Crippen molar-refractivity contribution in [2.24, 2.45) is 0 Å². The van der Waals surface area contributed by atoms with Gasteiger partial charge in [-0.25, -0.2) is 0 Å². The van der Waals surface area contributed by atoms with Crippen LogP contribution >= 0.6 is 0 Å². The first-order valence-corrected chi connectivity index (χ1v) is 8.06. The lowest BCUT2D eigenvalue weighted by Gasteiger charge is -2.42. The van der Waals surface area contributed by atoms with E-state index in [9.17, 15) is 4.79 Å². The summed E-state index contributed by atoms with van der Waals surface area (Å²) < 4.78 is 0. The topological polar surface area (TPSA) is 29.1 Å². The second-order valence-electron chi connectivity index (χ2n) is 6.44. The first-order chi connectivity index (χ1) is 10.7. The van der Waals surface area contributed by atoms with Crippen LogP contribution in [0.4, 0.5) is 0 Å². The third-order valence-electron chi connectivity index (χ3n) is 4.77. The SMILES string of the molecule is Cc1cccc(CC(=O)NCC2(c3ccccc3)CCC2)c1. The van der Waals surface area contributed by atoms with Gasteiger partial charge in [-0.1, -0.05) is 66.6 Å². The van der Waals surface area contributed by atoms with E-state index in [1.165, 1.54) is 30.4 Å². The highest BCUT2D eigenvalue weighted by molar-refractivity contribution is 5.78. The minimum Gasteiger partial charge on any atom is -0.355 e. The quantitative estimate of drug-likeness (QED) is 0.893. The van der Waals surface area contributed by atoms with Gasteiger partial charge in [-0.05, 0) is 30.9 Å². The highest BCUT2D eigenvalue weighted by atomic mass is 16.1. The molecular weight excluding hydrogens is 270 g/mol. The zero-order chi connectivity index (χ0) is 15.4. The van der Waals surface area contributed by atoms with E-state index in [1.54, 1.807) is 0 Å². The summed E-state index contributed by atoms with van der Waals surface area (Å²) in [5.41, 5.74) is 3.80. The number of hydrogen-bond donors (Lipinski definition) is 1. The third kappa shape index (κ3) is 3.22. The second kappa shape index (κ2) is 6.35. The summed E-state index contributed by atoms with van der Waals surface area (Å²) in [6.07, 6.45) is 4.05. The zero-order valence-electron chi connectivity index (χ0n) is 13.1. The molecule has 1 N–H and O–H groups in total. The molecule has 0 heterocycles. The molecule has 3 rings (SSSR count). The molecular formula is C20H23NO. The van der Waals surface area contributed by atoms with Crippen molar-refractivity contribution in [3.63, 3.8) is 0 Å². The predicted molar refractivity (Wildman–Crippen MR) is 89.9 cm³/mol. The van der Waals surface area contributed by atoms with Crippen molar-refractivity contribution < 1.29 is 4.79 Å². The summed E-state index contributed by atoms with van der Waals surface area (Å²) in [7, 11) is 0. The van der Waals surface area contributed by atoms with Crippen molar-refractivity contribution in [2.45, 2.75) is 38.0 Å². The van der Waals surface area contributed by atoms with Crippen LogP contribution in [0.1, 0.15) is 36.0 Å². The number of carbonyl (C=O) groups excluding carboxylic acids is 1. The van der Waals surface area contributed by atoms with Crippen LogP contribution in [0.5, 0.6) is 0 Å². The Morgan fingerprint density at radius 3 is 2.50 bits per heavy atom. The second-order valence-corrected chi connectivity index (χ2v) is 6.44. The van der Waals surface area contributed by atoms with Crippen LogP contribution in [-0.2, 0) is 16.6 Å². The van der Waals surface area contributed by atoms with Crippen LogP contribution in [0, 0.1) is 6.92 Å². The Labute approximate surface area is 132 Å². The molecule has 0 atom stereocenters. The van der Waals surface area contributed by atoms with Crippen molar-refractivity contribution in [3.05, 3.63) is 71.3 Å². The van der Waals surface area contributed by atoms with Crippen molar-refractivity contribution in [2.75, 3.05) is 6.54 Å². The fourth-order valence-electron chi connectivity index (χ4n) is 3.30. The molecule has 22 heavy (non-hydrogen) atoms. The van der Waals surface area contributed by atoms with Crippen LogP contribution in [0.25, 0.3) is 0 Å². The maximum atomic E-state index is 12.2. The van der Waals surface area contributed by atoms with Crippen LogP contribution in [0.15, 0.2) is 54.6 Å². The molecule has 1 saturated carbocycles. The predicted octanol–water partition coefficient (Wildman–Crippen LogP) is 3.78. The molecule has 2 aromatic carbocycles. The van der Waals surface area contributed by atoms with Gasteiger partial charge in [0.1, 0.15) is 0 Å². The first-order valence-electron chi connectivity index (χ1n) is 8.06. The summed E-state index contributed by atoms with van der Waals surface area (Å²) in [6.45, 7) is 2.81. The molecule has 2 nitrogen and oxygen atoms in total. The Bertz CT molecular complexity index is 644. The normalized spacial score (nSPS) is 15.9. The fraction of sp³-hybridized carbons (Fsp3) is 0.350. The Kier molecular flexibility index (Phi) is 4.28. The lowest BCUT2D eigenvalue weighted by Crippen LogP contribution is -2.45. The van der Waals surface area contributed by atoms with E-state index >= 15 is 0 Å². The van der Waals surface area contributed by atoms with Crippen LogP contribution < -0.4 is 5.32 Å². The molecule has 0 unspecified atom stereocenters. The van der Waals surface area contributed by atoms with Gasteiger partial charge < -0.3 is 5.32 Å². The molecule has 114 valence electrons. The standard InChI is InChI=1S/C20H23NO/c1-16-7-5-8-17(13-16)14-19(22)21-15-20(11-6-12-20)18-9-3-2-4-10-18/h2-5,7-10,13H,6,11-12,14-15H2,1H3,(H,21,22). The van der Waals surface area contributed by atoms with Gasteiger partial charge in [-0.3, -0.25) is 4.79 Å². The molecule has 1 aliphatic carbocycles. The lowest BCUT2D eigenvalue weighted by atomic mass is 9.64. The van der Waals surface area contributed by atoms with Gasteiger partial charge in [0.2, 0.25) is 5.91 Å².